The van der Waals surface area contributed by atoms with Gasteiger partial charge in [0, 0.05) is 22.5 Å². The van der Waals surface area contributed by atoms with Crippen molar-refractivity contribution >= 4 is 44.9 Å². The molecule has 7 heteroatoms. The average molecular weight is 438 g/mol. The zero-order valence-electron chi connectivity index (χ0n) is 16.8. The summed E-state index contributed by atoms with van der Waals surface area (Å²) in [4.78, 5) is 22.9. The molecule has 0 fully saturated rings. The predicted molar refractivity (Wildman–Crippen MR) is 122 cm³/mol. The van der Waals surface area contributed by atoms with E-state index in [2.05, 4.69) is 15.3 Å². The van der Waals surface area contributed by atoms with Crippen molar-refractivity contribution in [1.29, 1.82) is 0 Å². The van der Waals surface area contributed by atoms with Gasteiger partial charge in [-0.2, -0.15) is 0 Å². The fourth-order valence-electron chi connectivity index (χ4n) is 2.90. The Morgan fingerprint density at radius 3 is 2.63 bits per heavy atom. The molecule has 30 heavy (non-hydrogen) atoms. The molecule has 1 amide bonds. The highest BCUT2D eigenvalue weighted by atomic mass is 35.5. The lowest BCUT2D eigenvalue weighted by Crippen LogP contribution is -2.42. The summed E-state index contributed by atoms with van der Waals surface area (Å²) < 4.78 is 5.90. The van der Waals surface area contributed by atoms with E-state index in [0.29, 0.717) is 10.8 Å². The Labute approximate surface area is 183 Å². The van der Waals surface area contributed by atoms with Crippen LogP contribution in [0, 0.1) is 6.92 Å². The summed E-state index contributed by atoms with van der Waals surface area (Å²) in [5.41, 5.74) is 2.39. The number of ether oxygens (including phenoxy) is 1. The van der Waals surface area contributed by atoms with Gasteiger partial charge in [0.05, 0.1) is 0 Å². The zero-order valence-corrected chi connectivity index (χ0v) is 18.3. The highest BCUT2D eigenvalue weighted by molar-refractivity contribution is 7.21. The number of anilines is 1. The van der Waals surface area contributed by atoms with Crippen LogP contribution in [-0.2, 0) is 4.79 Å². The lowest BCUT2D eigenvalue weighted by molar-refractivity contribution is -0.128. The first-order chi connectivity index (χ1) is 14.3. The van der Waals surface area contributed by atoms with Gasteiger partial charge in [0.15, 0.2) is 5.60 Å². The van der Waals surface area contributed by atoms with Crippen LogP contribution in [0.1, 0.15) is 19.4 Å². The molecule has 0 bridgehead atoms. The van der Waals surface area contributed by atoms with E-state index in [1.54, 1.807) is 44.3 Å². The second-order valence-corrected chi connectivity index (χ2v) is 8.81. The first kappa shape index (κ1) is 20.3. The minimum atomic E-state index is -1.07. The van der Waals surface area contributed by atoms with E-state index in [4.69, 9.17) is 16.3 Å². The van der Waals surface area contributed by atoms with Crippen molar-refractivity contribution in [3.63, 3.8) is 0 Å². The van der Waals surface area contributed by atoms with Crippen molar-refractivity contribution in [3.05, 3.63) is 71.4 Å². The maximum Gasteiger partial charge on any atom is 0.267 e. The molecule has 0 saturated carbocycles. The number of hydrogen-bond acceptors (Lipinski definition) is 5. The first-order valence-electron chi connectivity index (χ1n) is 9.40. The van der Waals surface area contributed by atoms with Gasteiger partial charge in [0.1, 0.15) is 21.1 Å². The second kappa shape index (κ2) is 8.05. The minimum Gasteiger partial charge on any atom is -0.478 e. The van der Waals surface area contributed by atoms with E-state index >= 15 is 0 Å². The van der Waals surface area contributed by atoms with Gasteiger partial charge in [-0.3, -0.25) is 4.79 Å². The Morgan fingerprint density at radius 1 is 1.13 bits per heavy atom. The van der Waals surface area contributed by atoms with Crippen molar-refractivity contribution < 1.29 is 9.53 Å². The van der Waals surface area contributed by atoms with Crippen LogP contribution in [-0.4, -0.2) is 21.5 Å². The molecule has 2 heterocycles. The largest absolute Gasteiger partial charge is 0.478 e. The van der Waals surface area contributed by atoms with Crippen molar-refractivity contribution in [1.82, 2.24) is 9.97 Å². The van der Waals surface area contributed by atoms with Crippen molar-refractivity contribution in [2.75, 3.05) is 5.32 Å². The molecule has 0 atom stereocenters. The number of nitrogens with one attached hydrogen (secondary N) is 1. The van der Waals surface area contributed by atoms with E-state index in [1.807, 2.05) is 37.3 Å². The van der Waals surface area contributed by atoms with Crippen LogP contribution in [0.3, 0.4) is 0 Å². The molecule has 0 saturated heterocycles. The van der Waals surface area contributed by atoms with Crippen LogP contribution in [0.2, 0.25) is 5.02 Å². The number of hydrogen-bond donors (Lipinski definition) is 1. The van der Waals surface area contributed by atoms with E-state index in [9.17, 15) is 4.79 Å². The summed E-state index contributed by atoms with van der Waals surface area (Å²) in [6.45, 7) is 5.41. The Balaban J connectivity index is 1.56. The van der Waals surface area contributed by atoms with Gasteiger partial charge in [0.2, 0.25) is 0 Å². The Bertz CT molecular complexity index is 1190. The smallest absolute Gasteiger partial charge is 0.267 e. The topological polar surface area (TPSA) is 64.1 Å². The quantitative estimate of drug-likeness (QED) is 0.408. The molecule has 1 N–H and O–H groups in total. The van der Waals surface area contributed by atoms with Crippen molar-refractivity contribution in [3.8, 4) is 16.3 Å². The molecule has 0 aliphatic rings. The predicted octanol–water partition coefficient (Wildman–Crippen LogP) is 6.12. The molecule has 0 spiro atoms. The molecule has 2 aromatic heterocycles. The van der Waals surface area contributed by atoms with Gasteiger partial charge in [-0.1, -0.05) is 35.1 Å². The molecule has 152 valence electrons. The summed E-state index contributed by atoms with van der Waals surface area (Å²) in [5, 5.41) is 4.47. The van der Waals surface area contributed by atoms with E-state index in [1.165, 1.54) is 11.3 Å². The monoisotopic (exact) mass is 437 g/mol. The number of carbonyl (C=O) groups excluding carboxylic acids is 1. The molecule has 0 radical (unpaired) electrons. The third-order valence-corrected chi connectivity index (χ3v) is 5.91. The number of halogens is 1. The molecule has 4 aromatic rings. The number of pyridine rings is 1. The maximum absolute atomic E-state index is 13.0. The van der Waals surface area contributed by atoms with Crippen LogP contribution < -0.4 is 10.1 Å². The number of benzene rings is 2. The Hall–Kier alpha value is -2.96. The summed E-state index contributed by atoms with van der Waals surface area (Å²) in [6, 6.07) is 16.6. The number of rotatable bonds is 5. The van der Waals surface area contributed by atoms with Crippen LogP contribution >= 0.6 is 22.9 Å². The van der Waals surface area contributed by atoms with E-state index < -0.39 is 5.60 Å². The highest BCUT2D eigenvalue weighted by Crippen LogP contribution is 2.32. The van der Waals surface area contributed by atoms with Crippen LogP contribution in [0.4, 0.5) is 5.69 Å². The maximum atomic E-state index is 13.0. The van der Waals surface area contributed by atoms with Gasteiger partial charge < -0.3 is 10.1 Å². The van der Waals surface area contributed by atoms with Crippen LogP contribution in [0.25, 0.3) is 20.9 Å². The number of aryl methyl sites for hydroxylation is 1. The third-order valence-electron chi connectivity index (χ3n) is 4.63. The molecule has 0 aliphatic heterocycles. The van der Waals surface area contributed by atoms with E-state index in [-0.39, 0.29) is 5.91 Å². The average Bonchev–Trinajstić information content (AvgIpc) is 3.15. The number of aromatic nitrogens is 2. The Kier molecular flexibility index (Phi) is 5.45. The SMILES string of the molecule is Cc1ccc(-c2nc3cccnc3s2)cc1NC(=O)C(C)(C)Oc1ccc(Cl)cc1. The van der Waals surface area contributed by atoms with Gasteiger partial charge >= 0.3 is 0 Å². The molecule has 0 unspecified atom stereocenters. The van der Waals surface area contributed by atoms with Gasteiger partial charge in [0.25, 0.3) is 5.91 Å². The third kappa shape index (κ3) is 4.30. The van der Waals surface area contributed by atoms with Crippen molar-refractivity contribution in [2.24, 2.45) is 0 Å². The standard InChI is InChI=1S/C23H20ClN3O2S/c1-14-6-7-15(20-26-18-5-4-12-25-21(18)30-20)13-19(14)27-22(28)23(2,3)29-17-10-8-16(24)9-11-17/h4-13H,1-3H3,(H,27,28). The van der Waals surface area contributed by atoms with Gasteiger partial charge in [-0.05, 0) is 68.8 Å². The second-order valence-electron chi connectivity index (χ2n) is 7.40. The number of fused-ring (bicyclic) bond motifs is 1. The molecular weight excluding hydrogens is 418 g/mol. The summed E-state index contributed by atoms with van der Waals surface area (Å²) in [5.74, 6) is 0.329. The lowest BCUT2D eigenvalue weighted by atomic mass is 10.1. The normalized spacial score (nSPS) is 11.5. The number of amides is 1. The number of nitrogens with zero attached hydrogens (tertiary/aromatic N) is 2. The fourth-order valence-corrected chi connectivity index (χ4v) is 3.93. The lowest BCUT2D eigenvalue weighted by Gasteiger charge is -2.26. The highest BCUT2D eigenvalue weighted by Gasteiger charge is 2.30. The number of carbonyl (C=O) groups is 1. The van der Waals surface area contributed by atoms with Gasteiger partial charge in [-0.15, -0.1) is 0 Å². The summed E-state index contributed by atoms with van der Waals surface area (Å²) >= 11 is 7.44. The number of thiazole rings is 1. The Morgan fingerprint density at radius 2 is 1.90 bits per heavy atom. The molecule has 4 rings (SSSR count). The molecule has 5 nitrogen and oxygen atoms in total. The van der Waals surface area contributed by atoms with Crippen molar-refractivity contribution in [2.45, 2.75) is 26.4 Å². The fraction of sp³-hybridized carbons (Fsp3) is 0.174. The molecule has 0 aliphatic carbocycles. The zero-order chi connectivity index (χ0) is 21.3. The minimum absolute atomic E-state index is 0.247. The molecule has 2 aromatic carbocycles. The van der Waals surface area contributed by atoms with Crippen LogP contribution in [0.15, 0.2) is 60.8 Å². The molecular formula is C23H20ClN3O2S. The van der Waals surface area contributed by atoms with Crippen LogP contribution in [0.5, 0.6) is 5.75 Å². The summed E-state index contributed by atoms with van der Waals surface area (Å²) in [7, 11) is 0. The van der Waals surface area contributed by atoms with E-state index in [0.717, 1.165) is 32.2 Å². The van der Waals surface area contributed by atoms with Gasteiger partial charge in [-0.25, -0.2) is 9.97 Å². The summed E-state index contributed by atoms with van der Waals surface area (Å²) in [6.07, 6.45) is 1.76. The first-order valence-corrected chi connectivity index (χ1v) is 10.6.